The molecule has 0 saturated carbocycles. The minimum atomic E-state index is -4.49. The van der Waals surface area contributed by atoms with Crippen LogP contribution in [0, 0.1) is 6.92 Å². The zero-order valence-corrected chi connectivity index (χ0v) is 14.8. The van der Waals surface area contributed by atoms with Crippen LogP contribution in [0.25, 0.3) is 21.9 Å². The number of thioether (sulfide) groups is 1. The van der Waals surface area contributed by atoms with Crippen LogP contribution in [-0.4, -0.2) is 19.9 Å². The van der Waals surface area contributed by atoms with Crippen LogP contribution in [0.5, 0.6) is 0 Å². The number of imidazole rings is 1. The van der Waals surface area contributed by atoms with Gasteiger partial charge < -0.3 is 9.97 Å². The molecule has 0 amide bonds. The van der Waals surface area contributed by atoms with Gasteiger partial charge in [-0.05, 0) is 42.8 Å². The lowest BCUT2D eigenvalue weighted by molar-refractivity contribution is -0.137. The molecule has 27 heavy (non-hydrogen) atoms. The Kier molecular flexibility index (Phi) is 4.18. The Hall–Kier alpha value is -2.81. The molecule has 0 saturated heterocycles. The lowest BCUT2D eigenvalue weighted by Crippen LogP contribution is -2.13. The predicted molar refractivity (Wildman–Crippen MR) is 97.8 cm³/mol. The van der Waals surface area contributed by atoms with Crippen molar-refractivity contribution in [2.24, 2.45) is 0 Å². The number of hydrogen-bond donors (Lipinski definition) is 2. The van der Waals surface area contributed by atoms with E-state index < -0.39 is 17.3 Å². The number of nitrogens with one attached hydrogen (secondary N) is 2. The number of alkyl halides is 3. The third-order valence-corrected chi connectivity index (χ3v) is 4.93. The van der Waals surface area contributed by atoms with Crippen LogP contribution in [0.1, 0.15) is 17.0 Å². The summed E-state index contributed by atoms with van der Waals surface area (Å²) in [5, 5.41) is 0.762. The summed E-state index contributed by atoms with van der Waals surface area (Å²) in [5.74, 6) is 0.550. The first-order valence-corrected chi connectivity index (χ1v) is 8.97. The predicted octanol–water partition coefficient (Wildman–Crippen LogP) is 4.42. The summed E-state index contributed by atoms with van der Waals surface area (Å²) in [6, 6.07) is 8.74. The Labute approximate surface area is 155 Å². The van der Waals surface area contributed by atoms with Crippen LogP contribution in [0.4, 0.5) is 13.2 Å². The van der Waals surface area contributed by atoms with Gasteiger partial charge in [-0.1, -0.05) is 17.8 Å². The van der Waals surface area contributed by atoms with E-state index in [4.69, 9.17) is 0 Å². The first-order valence-electron chi connectivity index (χ1n) is 7.99. The monoisotopic (exact) mass is 390 g/mol. The highest BCUT2D eigenvalue weighted by Gasteiger charge is 2.30. The molecule has 0 radical (unpaired) electrons. The van der Waals surface area contributed by atoms with Crippen molar-refractivity contribution in [3.05, 3.63) is 63.7 Å². The smallest absolute Gasteiger partial charge is 0.333 e. The van der Waals surface area contributed by atoms with E-state index in [-0.39, 0.29) is 22.5 Å². The van der Waals surface area contributed by atoms with E-state index in [2.05, 4.69) is 19.9 Å². The van der Waals surface area contributed by atoms with Gasteiger partial charge in [-0.25, -0.2) is 9.97 Å². The van der Waals surface area contributed by atoms with Crippen LogP contribution in [0.15, 0.2) is 46.3 Å². The second kappa shape index (κ2) is 6.41. The summed E-state index contributed by atoms with van der Waals surface area (Å²) in [7, 11) is 0. The van der Waals surface area contributed by atoms with Crippen LogP contribution in [-0.2, 0) is 11.9 Å². The molecule has 0 aliphatic heterocycles. The molecule has 2 N–H and O–H groups in total. The first kappa shape index (κ1) is 17.6. The summed E-state index contributed by atoms with van der Waals surface area (Å²) in [4.78, 5) is 26.5. The number of hydrogen-bond acceptors (Lipinski definition) is 4. The lowest BCUT2D eigenvalue weighted by Gasteiger charge is -2.08. The molecule has 0 spiro atoms. The van der Waals surface area contributed by atoms with E-state index >= 15 is 0 Å². The Morgan fingerprint density at radius 3 is 2.63 bits per heavy atom. The van der Waals surface area contributed by atoms with E-state index in [1.54, 1.807) is 0 Å². The molecule has 0 bridgehead atoms. The molecule has 138 valence electrons. The quantitative estimate of drug-likeness (QED) is 0.508. The summed E-state index contributed by atoms with van der Waals surface area (Å²) < 4.78 is 38.7. The van der Waals surface area contributed by atoms with Crippen molar-refractivity contribution in [2.75, 3.05) is 0 Å². The summed E-state index contributed by atoms with van der Waals surface area (Å²) in [6.45, 7) is 1.98. The number of H-pyrrole nitrogens is 2. The second-order valence-electron chi connectivity index (χ2n) is 6.09. The molecule has 0 aliphatic carbocycles. The molecule has 9 heteroatoms. The third-order valence-electron chi connectivity index (χ3n) is 4.04. The van der Waals surface area contributed by atoms with Crippen LogP contribution in [0.3, 0.4) is 0 Å². The second-order valence-corrected chi connectivity index (χ2v) is 7.06. The molecule has 2 aromatic carbocycles. The zero-order chi connectivity index (χ0) is 19.2. The van der Waals surface area contributed by atoms with Crippen molar-refractivity contribution in [1.29, 1.82) is 0 Å². The molecule has 0 fully saturated rings. The maximum atomic E-state index is 12.9. The average molecular weight is 390 g/mol. The Morgan fingerprint density at radius 2 is 1.85 bits per heavy atom. The van der Waals surface area contributed by atoms with Gasteiger partial charge in [0, 0.05) is 0 Å². The molecule has 0 unspecified atom stereocenters. The molecule has 0 atom stereocenters. The van der Waals surface area contributed by atoms with Gasteiger partial charge in [0.15, 0.2) is 5.16 Å². The number of nitrogens with zero attached hydrogens (tertiary/aromatic N) is 2. The Balaban J connectivity index is 1.63. The topological polar surface area (TPSA) is 74.4 Å². The van der Waals surface area contributed by atoms with Gasteiger partial charge in [-0.2, -0.15) is 13.2 Å². The molecule has 5 nitrogen and oxygen atoms in total. The molecule has 0 aliphatic rings. The van der Waals surface area contributed by atoms with Crippen molar-refractivity contribution >= 4 is 33.7 Å². The first-order chi connectivity index (χ1) is 12.8. The standard InChI is InChI=1S/C18H13F3N4OS/c1-9-2-5-12-14(6-9)24-17(23-12)27-8-15-22-13-7-10(18(19,20)21)3-4-11(13)16(26)25-15/h2-7H,8H2,1H3,(H,23,24)(H,22,25,26). The van der Waals surface area contributed by atoms with Gasteiger partial charge >= 0.3 is 6.18 Å². The fourth-order valence-electron chi connectivity index (χ4n) is 2.74. The fraction of sp³-hybridized carbons (Fsp3) is 0.167. The van der Waals surface area contributed by atoms with Crippen molar-refractivity contribution in [1.82, 2.24) is 19.9 Å². The Morgan fingerprint density at radius 1 is 1.04 bits per heavy atom. The van der Waals surface area contributed by atoms with Gasteiger partial charge in [-0.15, -0.1) is 0 Å². The molecule has 4 aromatic rings. The fourth-order valence-corrected chi connectivity index (χ4v) is 3.49. The van der Waals surface area contributed by atoms with E-state index in [1.165, 1.54) is 11.8 Å². The maximum Gasteiger partial charge on any atom is 0.416 e. The van der Waals surface area contributed by atoms with Gasteiger partial charge in [0.25, 0.3) is 5.56 Å². The zero-order valence-electron chi connectivity index (χ0n) is 14.0. The highest BCUT2D eigenvalue weighted by atomic mass is 32.2. The van der Waals surface area contributed by atoms with E-state index in [1.807, 2.05) is 25.1 Å². The van der Waals surface area contributed by atoms with Crippen LogP contribution < -0.4 is 5.56 Å². The minimum Gasteiger partial charge on any atom is -0.333 e. The normalized spacial score (nSPS) is 12.1. The van der Waals surface area contributed by atoms with Gasteiger partial charge in [0.05, 0.1) is 33.3 Å². The van der Waals surface area contributed by atoms with Gasteiger partial charge in [0.1, 0.15) is 5.82 Å². The van der Waals surface area contributed by atoms with Crippen molar-refractivity contribution in [3.8, 4) is 0 Å². The third kappa shape index (κ3) is 3.55. The highest BCUT2D eigenvalue weighted by molar-refractivity contribution is 7.98. The molecular formula is C18H13F3N4OS. The number of aryl methyl sites for hydroxylation is 1. The number of aromatic nitrogens is 4. The SMILES string of the molecule is Cc1ccc2nc(SCc3nc4cc(C(F)(F)F)ccc4c(=O)[nH]3)[nH]c2c1. The van der Waals surface area contributed by atoms with Crippen molar-refractivity contribution in [2.45, 2.75) is 24.0 Å². The maximum absolute atomic E-state index is 12.9. The number of benzene rings is 2. The summed E-state index contributed by atoms with van der Waals surface area (Å²) in [5.41, 5.74) is 1.53. The van der Waals surface area contributed by atoms with Gasteiger partial charge in [-0.3, -0.25) is 4.79 Å². The van der Waals surface area contributed by atoms with Gasteiger partial charge in [0.2, 0.25) is 0 Å². The van der Waals surface area contributed by atoms with Crippen molar-refractivity contribution < 1.29 is 13.2 Å². The summed E-state index contributed by atoms with van der Waals surface area (Å²) in [6.07, 6.45) is -4.49. The van der Waals surface area contributed by atoms with Crippen molar-refractivity contribution in [3.63, 3.8) is 0 Å². The number of halogens is 3. The summed E-state index contributed by atoms with van der Waals surface area (Å²) >= 11 is 1.31. The number of aromatic amines is 2. The highest BCUT2D eigenvalue weighted by Crippen LogP contribution is 2.30. The van der Waals surface area contributed by atoms with E-state index in [0.717, 1.165) is 34.8 Å². The minimum absolute atomic E-state index is 0.0180. The molecule has 2 heterocycles. The lowest BCUT2D eigenvalue weighted by atomic mass is 10.1. The largest absolute Gasteiger partial charge is 0.416 e. The number of rotatable bonds is 3. The molecular weight excluding hydrogens is 377 g/mol. The van der Waals surface area contributed by atoms with Crippen LogP contribution >= 0.6 is 11.8 Å². The molecule has 2 aromatic heterocycles. The number of fused-ring (bicyclic) bond motifs is 2. The Bertz CT molecular complexity index is 1210. The van der Waals surface area contributed by atoms with E-state index in [0.29, 0.717) is 5.16 Å². The molecule has 4 rings (SSSR count). The van der Waals surface area contributed by atoms with Crippen LogP contribution in [0.2, 0.25) is 0 Å². The van der Waals surface area contributed by atoms with E-state index in [9.17, 15) is 18.0 Å². The average Bonchev–Trinajstić information content (AvgIpc) is 3.00.